The molecule has 3 N–H and O–H groups in total. The third-order valence-electron chi connectivity index (χ3n) is 3.50. The molecule has 1 aromatic rings. The van der Waals surface area contributed by atoms with Gasteiger partial charge in [-0.3, -0.25) is 9.69 Å². The minimum absolute atomic E-state index is 0.336. The molecule has 106 valence electrons. The first-order chi connectivity index (χ1) is 9.05. The molecule has 1 atom stereocenters. The van der Waals surface area contributed by atoms with Gasteiger partial charge in [-0.25, -0.2) is 4.68 Å². The summed E-state index contributed by atoms with van der Waals surface area (Å²) in [4.78, 5) is 13.1. The van der Waals surface area contributed by atoms with E-state index in [1.54, 1.807) is 4.68 Å². The zero-order valence-corrected chi connectivity index (χ0v) is 11.1. The first kappa shape index (κ1) is 13.9. The molecule has 0 aromatic carbocycles. The Hall–Kier alpha value is -1.54. The van der Waals surface area contributed by atoms with Crippen molar-refractivity contribution in [2.45, 2.75) is 44.8 Å². The van der Waals surface area contributed by atoms with Crippen LogP contribution in [0.4, 0.5) is 0 Å². The normalized spacial score (nSPS) is 23.9. The van der Waals surface area contributed by atoms with Crippen LogP contribution in [0.3, 0.4) is 0 Å². The van der Waals surface area contributed by atoms with Crippen molar-refractivity contribution >= 4 is 5.97 Å². The van der Waals surface area contributed by atoms with Crippen LogP contribution >= 0.6 is 0 Å². The number of likely N-dealkylation sites (tertiary alicyclic amines) is 1. The van der Waals surface area contributed by atoms with E-state index in [-0.39, 0.29) is 0 Å². The topological polar surface area (TPSA) is 110 Å². The van der Waals surface area contributed by atoms with Crippen molar-refractivity contribution < 1.29 is 9.90 Å². The van der Waals surface area contributed by atoms with E-state index < -0.39 is 11.5 Å². The fourth-order valence-electron chi connectivity index (χ4n) is 2.24. The average Bonchev–Trinajstić information content (AvgIpc) is 2.95. The van der Waals surface area contributed by atoms with E-state index in [0.717, 1.165) is 25.2 Å². The second kappa shape index (κ2) is 5.62. The minimum Gasteiger partial charge on any atom is -0.480 e. The summed E-state index contributed by atoms with van der Waals surface area (Å²) < 4.78 is 1.78. The summed E-state index contributed by atoms with van der Waals surface area (Å²) in [5, 5.41) is 20.7. The molecule has 0 bridgehead atoms. The molecule has 1 aliphatic heterocycles. The minimum atomic E-state index is -1.14. The molecule has 1 aromatic heterocycles. The number of carboxylic acid groups (broad SMARTS) is 1. The third-order valence-corrected chi connectivity index (χ3v) is 3.50. The Morgan fingerprint density at radius 2 is 2.37 bits per heavy atom. The van der Waals surface area contributed by atoms with Gasteiger partial charge in [-0.15, -0.1) is 5.10 Å². The van der Waals surface area contributed by atoms with E-state index in [2.05, 4.69) is 22.4 Å². The van der Waals surface area contributed by atoms with Crippen LogP contribution in [0.25, 0.3) is 0 Å². The lowest BCUT2D eigenvalue weighted by Gasteiger charge is -2.19. The number of carbonyl (C=O) groups is 1. The smallest absolute Gasteiger partial charge is 0.325 e. The Labute approximate surface area is 111 Å². The van der Waals surface area contributed by atoms with E-state index in [1.165, 1.54) is 0 Å². The van der Waals surface area contributed by atoms with E-state index in [4.69, 9.17) is 10.8 Å². The second-order valence-corrected chi connectivity index (χ2v) is 5.09. The molecule has 2 rings (SSSR count). The number of hydrogen-bond donors (Lipinski definition) is 2. The maximum absolute atomic E-state index is 11.1. The molecule has 2 heterocycles. The molecule has 0 amide bonds. The van der Waals surface area contributed by atoms with Crippen LogP contribution in [0, 0.1) is 0 Å². The molecular weight excluding hydrogens is 248 g/mol. The van der Waals surface area contributed by atoms with Crippen molar-refractivity contribution in [3.63, 3.8) is 0 Å². The number of hydrogen-bond acceptors (Lipinski definition) is 6. The number of unbranched alkanes of at least 4 members (excludes halogenated alkanes) is 1. The van der Waals surface area contributed by atoms with Crippen LogP contribution in [-0.2, 0) is 17.9 Å². The zero-order valence-electron chi connectivity index (χ0n) is 11.1. The Bertz CT molecular complexity index is 448. The van der Waals surface area contributed by atoms with Crippen LogP contribution in [0.2, 0.25) is 0 Å². The van der Waals surface area contributed by atoms with E-state index >= 15 is 0 Å². The molecule has 1 unspecified atom stereocenters. The van der Waals surface area contributed by atoms with Gasteiger partial charge in [0.1, 0.15) is 5.54 Å². The van der Waals surface area contributed by atoms with Crippen LogP contribution in [0.1, 0.15) is 32.0 Å². The number of aromatic nitrogens is 4. The summed E-state index contributed by atoms with van der Waals surface area (Å²) in [6.45, 7) is 4.44. The van der Waals surface area contributed by atoms with E-state index in [0.29, 0.717) is 26.1 Å². The molecule has 0 spiro atoms. The van der Waals surface area contributed by atoms with Crippen molar-refractivity contribution in [2.24, 2.45) is 5.73 Å². The fraction of sp³-hybridized carbons (Fsp3) is 0.818. The lowest BCUT2D eigenvalue weighted by molar-refractivity contribution is -0.142. The number of aliphatic carboxylic acids is 1. The SMILES string of the molecule is CCCCn1nnnc1CN1CCC(N)(C(=O)O)C1. The van der Waals surface area contributed by atoms with Gasteiger partial charge < -0.3 is 10.8 Å². The Morgan fingerprint density at radius 1 is 1.58 bits per heavy atom. The van der Waals surface area contributed by atoms with Crippen molar-refractivity contribution in [1.29, 1.82) is 0 Å². The van der Waals surface area contributed by atoms with Crippen molar-refractivity contribution in [2.75, 3.05) is 13.1 Å². The Morgan fingerprint density at radius 3 is 3.00 bits per heavy atom. The molecular formula is C11H20N6O2. The van der Waals surface area contributed by atoms with Gasteiger partial charge in [-0.1, -0.05) is 13.3 Å². The van der Waals surface area contributed by atoms with Gasteiger partial charge in [0.25, 0.3) is 0 Å². The van der Waals surface area contributed by atoms with Crippen LogP contribution < -0.4 is 5.73 Å². The summed E-state index contributed by atoms with van der Waals surface area (Å²) >= 11 is 0. The number of tetrazole rings is 1. The number of nitrogens with zero attached hydrogens (tertiary/aromatic N) is 5. The number of aryl methyl sites for hydroxylation is 1. The van der Waals surface area contributed by atoms with Gasteiger partial charge in [0.2, 0.25) is 0 Å². The van der Waals surface area contributed by atoms with Gasteiger partial charge in [-0.2, -0.15) is 0 Å². The summed E-state index contributed by atoms with van der Waals surface area (Å²) in [7, 11) is 0. The fourth-order valence-corrected chi connectivity index (χ4v) is 2.24. The molecule has 1 fully saturated rings. The highest BCUT2D eigenvalue weighted by Crippen LogP contribution is 2.20. The maximum Gasteiger partial charge on any atom is 0.325 e. The van der Waals surface area contributed by atoms with E-state index in [1.807, 2.05) is 4.90 Å². The highest BCUT2D eigenvalue weighted by atomic mass is 16.4. The Kier molecular flexibility index (Phi) is 4.11. The first-order valence-electron chi connectivity index (χ1n) is 6.55. The van der Waals surface area contributed by atoms with E-state index in [9.17, 15) is 4.79 Å². The first-order valence-corrected chi connectivity index (χ1v) is 6.55. The van der Waals surface area contributed by atoms with Gasteiger partial charge in [-0.05, 0) is 23.3 Å². The maximum atomic E-state index is 11.1. The standard InChI is InChI=1S/C11H20N6O2/c1-2-3-5-17-9(13-14-15-17)7-16-6-4-11(12,8-16)10(18)19/h2-8,12H2,1H3,(H,18,19). The van der Waals surface area contributed by atoms with Crippen LogP contribution in [-0.4, -0.2) is 54.8 Å². The van der Waals surface area contributed by atoms with Gasteiger partial charge in [0, 0.05) is 19.6 Å². The summed E-state index contributed by atoms with van der Waals surface area (Å²) in [6, 6.07) is 0. The Balaban J connectivity index is 1.96. The molecule has 1 aliphatic rings. The lowest BCUT2D eigenvalue weighted by atomic mass is 10.0. The molecule has 1 saturated heterocycles. The average molecular weight is 268 g/mol. The molecule has 8 nitrogen and oxygen atoms in total. The highest BCUT2D eigenvalue weighted by Gasteiger charge is 2.41. The largest absolute Gasteiger partial charge is 0.480 e. The second-order valence-electron chi connectivity index (χ2n) is 5.09. The zero-order chi connectivity index (χ0) is 13.9. The number of rotatable bonds is 6. The summed E-state index contributed by atoms with van der Waals surface area (Å²) in [5.41, 5.74) is 4.70. The van der Waals surface area contributed by atoms with Crippen LogP contribution in [0.15, 0.2) is 0 Å². The highest BCUT2D eigenvalue weighted by molar-refractivity contribution is 5.79. The number of nitrogens with two attached hydrogens (primary N) is 1. The van der Waals surface area contributed by atoms with Gasteiger partial charge in [0.15, 0.2) is 5.82 Å². The molecule has 19 heavy (non-hydrogen) atoms. The summed E-state index contributed by atoms with van der Waals surface area (Å²) in [5.74, 6) is -0.177. The molecule has 8 heteroatoms. The molecule has 0 aliphatic carbocycles. The van der Waals surface area contributed by atoms with Crippen molar-refractivity contribution in [3.8, 4) is 0 Å². The molecule has 0 radical (unpaired) electrons. The predicted molar refractivity (Wildman–Crippen MR) is 67.2 cm³/mol. The number of carboxylic acids is 1. The monoisotopic (exact) mass is 268 g/mol. The lowest BCUT2D eigenvalue weighted by Crippen LogP contribution is -2.50. The van der Waals surface area contributed by atoms with Gasteiger partial charge >= 0.3 is 5.97 Å². The molecule has 0 saturated carbocycles. The third kappa shape index (κ3) is 3.07. The van der Waals surface area contributed by atoms with Crippen LogP contribution in [0.5, 0.6) is 0 Å². The predicted octanol–water partition coefficient (Wildman–Crippen LogP) is -0.539. The summed E-state index contributed by atoms with van der Waals surface area (Å²) in [6.07, 6.45) is 2.56. The van der Waals surface area contributed by atoms with Crippen molar-refractivity contribution in [3.05, 3.63) is 5.82 Å². The van der Waals surface area contributed by atoms with Crippen molar-refractivity contribution in [1.82, 2.24) is 25.1 Å². The van der Waals surface area contributed by atoms with Gasteiger partial charge in [0.05, 0.1) is 6.54 Å². The quantitative estimate of drug-likeness (QED) is 0.713.